The Balaban J connectivity index is 2.16. The topological polar surface area (TPSA) is 80.5 Å². The second-order valence-corrected chi connectivity index (χ2v) is 4.40. The summed E-state index contributed by atoms with van der Waals surface area (Å²) in [5, 5.41) is 1.19. The van der Waals surface area contributed by atoms with Crippen LogP contribution in [0.2, 0.25) is 0 Å². The van der Waals surface area contributed by atoms with Crippen LogP contribution in [0.4, 0.5) is 20.7 Å². The van der Waals surface area contributed by atoms with E-state index in [1.807, 2.05) is 0 Å². The van der Waals surface area contributed by atoms with Crippen LogP contribution in [0.1, 0.15) is 12.5 Å². The molecule has 7 heteroatoms. The van der Waals surface area contributed by atoms with Gasteiger partial charge in [0.25, 0.3) is 0 Å². The molecular formula is C15H17FN4O2. The van der Waals surface area contributed by atoms with Gasteiger partial charge in [-0.2, -0.15) is 0 Å². The predicted octanol–water partition coefficient (Wildman–Crippen LogP) is 2.47. The van der Waals surface area contributed by atoms with Crippen molar-refractivity contribution < 1.29 is 13.9 Å². The van der Waals surface area contributed by atoms with Crippen molar-refractivity contribution in [3.05, 3.63) is 54.0 Å². The number of halogens is 1. The minimum absolute atomic E-state index is 0.196. The lowest BCUT2D eigenvalue weighted by atomic mass is 10.2. The molecule has 0 saturated carbocycles. The molecule has 1 amide bonds. The number of rotatable bonds is 5. The predicted molar refractivity (Wildman–Crippen MR) is 81.4 cm³/mol. The first kappa shape index (κ1) is 15.7. The molecule has 0 unspecified atom stereocenters. The lowest BCUT2D eigenvalue weighted by Crippen LogP contribution is -2.43. The number of nitrogens with zero attached hydrogens (tertiary/aromatic N) is 2. The number of pyridine rings is 1. The van der Waals surface area contributed by atoms with Crippen molar-refractivity contribution in [2.24, 2.45) is 0 Å². The maximum Gasteiger partial charge on any atom is 0.429 e. The van der Waals surface area contributed by atoms with Crippen LogP contribution in [0.15, 0.2) is 42.6 Å². The second kappa shape index (κ2) is 7.37. The number of hydrazine groups is 1. The Hall–Kier alpha value is -2.67. The number of nitrogens with two attached hydrogens (primary N) is 1. The summed E-state index contributed by atoms with van der Waals surface area (Å²) in [7, 11) is 0. The molecule has 2 aromatic rings. The molecule has 3 N–H and O–H groups in total. The molecule has 0 aliphatic carbocycles. The highest BCUT2D eigenvalue weighted by Gasteiger charge is 2.19. The minimum atomic E-state index is -0.593. The van der Waals surface area contributed by atoms with E-state index >= 15 is 0 Å². The number of nitrogen functional groups attached to an aromatic ring is 1. The molecule has 22 heavy (non-hydrogen) atoms. The van der Waals surface area contributed by atoms with Gasteiger partial charge < -0.3 is 10.5 Å². The number of hydrogen-bond acceptors (Lipinski definition) is 5. The number of anilines is 2. The van der Waals surface area contributed by atoms with Crippen molar-refractivity contribution in [1.82, 2.24) is 10.4 Å². The highest BCUT2D eigenvalue weighted by Crippen LogP contribution is 2.19. The number of hydrogen-bond donors (Lipinski definition) is 2. The van der Waals surface area contributed by atoms with Gasteiger partial charge in [0, 0.05) is 12.7 Å². The molecule has 116 valence electrons. The monoisotopic (exact) mass is 304 g/mol. The third-order valence-electron chi connectivity index (χ3n) is 2.86. The summed E-state index contributed by atoms with van der Waals surface area (Å²) in [6.07, 6.45) is 0.937. The van der Waals surface area contributed by atoms with Gasteiger partial charge in [-0.3, -0.25) is 0 Å². The van der Waals surface area contributed by atoms with Crippen molar-refractivity contribution >= 4 is 17.6 Å². The Bertz CT molecular complexity index is 634. The standard InChI is InChI=1S/C15H17FN4O2/c1-2-22-15(21)20(13-4-3-9-18-14(13)17)19-10-11-5-7-12(16)8-6-11/h3-9,19H,2,10H2,1H3,(H2,17,18). The molecule has 0 aliphatic rings. The zero-order chi connectivity index (χ0) is 15.9. The van der Waals surface area contributed by atoms with Crippen LogP contribution in [0, 0.1) is 5.82 Å². The molecule has 1 heterocycles. The van der Waals surface area contributed by atoms with Gasteiger partial charge in [-0.05, 0) is 36.8 Å². The first-order chi connectivity index (χ1) is 10.6. The molecule has 6 nitrogen and oxygen atoms in total. The maximum atomic E-state index is 12.9. The number of carbonyl (C=O) groups is 1. The minimum Gasteiger partial charge on any atom is -0.449 e. The summed E-state index contributed by atoms with van der Waals surface area (Å²) in [6.45, 7) is 2.24. The Labute approximate surface area is 127 Å². The first-order valence-electron chi connectivity index (χ1n) is 6.77. The fraction of sp³-hybridized carbons (Fsp3) is 0.200. The molecule has 0 bridgehead atoms. The van der Waals surface area contributed by atoms with E-state index in [4.69, 9.17) is 10.5 Å². The highest BCUT2D eigenvalue weighted by molar-refractivity contribution is 5.89. The average molecular weight is 304 g/mol. The zero-order valence-corrected chi connectivity index (χ0v) is 12.1. The van der Waals surface area contributed by atoms with E-state index in [-0.39, 0.29) is 18.2 Å². The largest absolute Gasteiger partial charge is 0.449 e. The fourth-order valence-corrected chi connectivity index (χ4v) is 1.81. The summed E-state index contributed by atoms with van der Waals surface area (Å²) >= 11 is 0. The molecule has 1 aromatic heterocycles. The van der Waals surface area contributed by atoms with Crippen LogP contribution in [-0.2, 0) is 11.3 Å². The molecule has 0 saturated heterocycles. The summed E-state index contributed by atoms with van der Waals surface area (Å²) in [6, 6.07) is 9.26. The van der Waals surface area contributed by atoms with Crippen molar-refractivity contribution in [2.45, 2.75) is 13.5 Å². The van der Waals surface area contributed by atoms with Crippen LogP contribution < -0.4 is 16.2 Å². The van der Waals surface area contributed by atoms with Crippen molar-refractivity contribution in [1.29, 1.82) is 0 Å². The van der Waals surface area contributed by atoms with Gasteiger partial charge in [-0.1, -0.05) is 12.1 Å². The smallest absolute Gasteiger partial charge is 0.429 e. The third kappa shape index (κ3) is 3.92. The van der Waals surface area contributed by atoms with E-state index in [0.717, 1.165) is 5.56 Å². The Morgan fingerprint density at radius 2 is 2.09 bits per heavy atom. The lowest BCUT2D eigenvalue weighted by molar-refractivity contribution is 0.156. The van der Waals surface area contributed by atoms with Crippen LogP contribution in [0.25, 0.3) is 0 Å². The van der Waals surface area contributed by atoms with Gasteiger partial charge in [0.15, 0.2) is 0 Å². The second-order valence-electron chi connectivity index (χ2n) is 4.40. The number of ether oxygens (including phenoxy) is 1. The quantitative estimate of drug-likeness (QED) is 0.829. The average Bonchev–Trinajstić information content (AvgIpc) is 2.51. The number of aromatic nitrogens is 1. The fourth-order valence-electron chi connectivity index (χ4n) is 1.81. The van der Waals surface area contributed by atoms with Gasteiger partial charge in [-0.25, -0.2) is 24.6 Å². The van der Waals surface area contributed by atoms with Crippen molar-refractivity contribution in [2.75, 3.05) is 17.3 Å². The van der Waals surface area contributed by atoms with Gasteiger partial charge in [0.05, 0.1) is 6.61 Å². The van der Waals surface area contributed by atoms with Crippen LogP contribution in [-0.4, -0.2) is 17.7 Å². The number of nitrogens with one attached hydrogen (secondary N) is 1. The highest BCUT2D eigenvalue weighted by atomic mass is 19.1. The third-order valence-corrected chi connectivity index (χ3v) is 2.86. The van der Waals surface area contributed by atoms with E-state index in [1.54, 1.807) is 31.2 Å². The number of carbonyl (C=O) groups excluding carboxylic acids is 1. The summed E-state index contributed by atoms with van der Waals surface area (Å²) in [5.74, 6) is -0.121. The summed E-state index contributed by atoms with van der Waals surface area (Å²) in [4.78, 5) is 16.0. The molecule has 0 aliphatic heterocycles. The van der Waals surface area contributed by atoms with E-state index in [9.17, 15) is 9.18 Å². The lowest BCUT2D eigenvalue weighted by Gasteiger charge is -2.23. The maximum absolute atomic E-state index is 12.9. The van der Waals surface area contributed by atoms with E-state index < -0.39 is 6.09 Å². The normalized spacial score (nSPS) is 10.3. The molecule has 1 aromatic carbocycles. The molecule has 0 atom stereocenters. The van der Waals surface area contributed by atoms with Gasteiger partial charge in [0.2, 0.25) is 0 Å². The molecule has 2 rings (SSSR count). The van der Waals surface area contributed by atoms with E-state index in [1.165, 1.54) is 23.3 Å². The molecule has 0 spiro atoms. The van der Waals surface area contributed by atoms with Crippen LogP contribution in [0.3, 0.4) is 0 Å². The van der Waals surface area contributed by atoms with E-state index in [2.05, 4.69) is 10.4 Å². The summed E-state index contributed by atoms with van der Waals surface area (Å²) in [5.41, 5.74) is 9.90. The number of benzene rings is 1. The zero-order valence-electron chi connectivity index (χ0n) is 12.1. The van der Waals surface area contributed by atoms with Crippen LogP contribution in [0.5, 0.6) is 0 Å². The Morgan fingerprint density at radius 1 is 1.36 bits per heavy atom. The molecule has 0 radical (unpaired) electrons. The van der Waals surface area contributed by atoms with Crippen molar-refractivity contribution in [3.8, 4) is 0 Å². The van der Waals surface area contributed by atoms with Gasteiger partial charge >= 0.3 is 6.09 Å². The van der Waals surface area contributed by atoms with Crippen LogP contribution >= 0.6 is 0 Å². The first-order valence-corrected chi connectivity index (χ1v) is 6.77. The molecular weight excluding hydrogens is 287 g/mol. The van der Waals surface area contributed by atoms with E-state index in [0.29, 0.717) is 12.2 Å². The number of amides is 1. The molecule has 0 fully saturated rings. The summed E-state index contributed by atoms with van der Waals surface area (Å²) < 4.78 is 17.9. The Morgan fingerprint density at radius 3 is 2.73 bits per heavy atom. The Kier molecular flexibility index (Phi) is 5.26. The van der Waals surface area contributed by atoms with Crippen molar-refractivity contribution in [3.63, 3.8) is 0 Å². The van der Waals surface area contributed by atoms with Gasteiger partial charge in [-0.15, -0.1) is 0 Å². The van der Waals surface area contributed by atoms with Gasteiger partial charge in [0.1, 0.15) is 17.3 Å². The SMILES string of the molecule is CCOC(=O)N(NCc1ccc(F)cc1)c1cccnc1N.